The predicted molar refractivity (Wildman–Crippen MR) is 52.9 cm³/mol. The molecule has 2 heterocycles. The van der Waals surface area contributed by atoms with Crippen molar-refractivity contribution in [1.29, 1.82) is 0 Å². The Balaban J connectivity index is 2.27. The summed E-state index contributed by atoms with van der Waals surface area (Å²) in [7, 11) is 0. The van der Waals surface area contributed by atoms with Gasteiger partial charge in [0.1, 0.15) is 0 Å². The molecule has 0 aromatic carbocycles. The van der Waals surface area contributed by atoms with Gasteiger partial charge in [-0.3, -0.25) is 9.59 Å². The summed E-state index contributed by atoms with van der Waals surface area (Å²) in [6.07, 6.45) is 3.19. The van der Waals surface area contributed by atoms with E-state index in [2.05, 4.69) is 0 Å². The summed E-state index contributed by atoms with van der Waals surface area (Å²) in [5, 5.41) is 9.23. The lowest BCUT2D eigenvalue weighted by Gasteiger charge is -2.31. The maximum Gasteiger partial charge on any atom is 0.319 e. The molecule has 5 nitrogen and oxygen atoms in total. The van der Waals surface area contributed by atoms with Crippen molar-refractivity contribution in [2.75, 3.05) is 13.2 Å². The number of rotatable bonds is 3. The SMILES string of the molecule is O=C(O)C1(Cc2ccoc2)COCCC1=O. The van der Waals surface area contributed by atoms with Crippen molar-refractivity contribution < 1.29 is 23.8 Å². The Labute approximate surface area is 92.0 Å². The highest BCUT2D eigenvalue weighted by Crippen LogP contribution is 2.30. The van der Waals surface area contributed by atoms with Crippen molar-refractivity contribution in [1.82, 2.24) is 0 Å². The molecule has 5 heteroatoms. The molecule has 1 aliphatic rings. The third-order valence-corrected chi connectivity index (χ3v) is 2.85. The molecule has 16 heavy (non-hydrogen) atoms. The Morgan fingerprint density at radius 3 is 2.94 bits per heavy atom. The first-order valence-corrected chi connectivity index (χ1v) is 5.01. The largest absolute Gasteiger partial charge is 0.480 e. The number of carboxylic acids is 1. The van der Waals surface area contributed by atoms with Crippen molar-refractivity contribution >= 4 is 11.8 Å². The van der Waals surface area contributed by atoms with E-state index in [4.69, 9.17) is 9.15 Å². The van der Waals surface area contributed by atoms with Crippen LogP contribution in [0.5, 0.6) is 0 Å². The van der Waals surface area contributed by atoms with Crippen LogP contribution in [0, 0.1) is 5.41 Å². The summed E-state index contributed by atoms with van der Waals surface area (Å²) < 4.78 is 10.0. The molecule has 1 unspecified atom stereocenters. The maximum atomic E-state index is 11.8. The van der Waals surface area contributed by atoms with Gasteiger partial charge < -0.3 is 14.3 Å². The lowest BCUT2D eigenvalue weighted by Crippen LogP contribution is -2.48. The zero-order valence-corrected chi connectivity index (χ0v) is 8.64. The molecule has 0 radical (unpaired) electrons. The third-order valence-electron chi connectivity index (χ3n) is 2.85. The molecular formula is C11H12O5. The zero-order valence-electron chi connectivity index (χ0n) is 8.64. The molecule has 1 aromatic rings. The zero-order chi connectivity index (χ0) is 11.6. The number of ketones is 1. The first-order valence-electron chi connectivity index (χ1n) is 5.01. The molecule has 2 rings (SSSR count). The molecule has 0 bridgehead atoms. The molecule has 1 atom stereocenters. The second kappa shape index (κ2) is 4.09. The van der Waals surface area contributed by atoms with Crippen molar-refractivity contribution in [3.8, 4) is 0 Å². The number of furan rings is 1. The highest BCUT2D eigenvalue weighted by molar-refractivity contribution is 6.04. The second-order valence-corrected chi connectivity index (χ2v) is 3.92. The highest BCUT2D eigenvalue weighted by Gasteiger charge is 2.48. The topological polar surface area (TPSA) is 76.7 Å². The summed E-state index contributed by atoms with van der Waals surface area (Å²) in [4.78, 5) is 23.1. The van der Waals surface area contributed by atoms with E-state index >= 15 is 0 Å². The number of Topliss-reactive ketones (excluding diaryl/α,β-unsaturated/α-hetero) is 1. The first kappa shape index (κ1) is 10.9. The summed E-state index contributed by atoms with van der Waals surface area (Å²) in [6.45, 7) is 0.242. The Kier molecular flexibility index (Phi) is 2.78. The second-order valence-electron chi connectivity index (χ2n) is 3.92. The monoisotopic (exact) mass is 224 g/mol. The molecule has 1 aromatic heterocycles. The Bertz CT molecular complexity index is 395. The fourth-order valence-corrected chi connectivity index (χ4v) is 1.88. The van der Waals surface area contributed by atoms with Crippen LogP contribution in [0.4, 0.5) is 0 Å². The minimum atomic E-state index is -1.44. The fraction of sp³-hybridized carbons (Fsp3) is 0.455. The smallest absolute Gasteiger partial charge is 0.319 e. The minimum absolute atomic E-state index is 0.0631. The van der Waals surface area contributed by atoms with Gasteiger partial charge in [0, 0.05) is 12.8 Å². The van der Waals surface area contributed by atoms with Gasteiger partial charge >= 0.3 is 5.97 Å². The van der Waals surface area contributed by atoms with Crippen LogP contribution in [-0.2, 0) is 20.7 Å². The first-order chi connectivity index (χ1) is 7.65. The third kappa shape index (κ3) is 1.74. The Morgan fingerprint density at radius 1 is 1.56 bits per heavy atom. The van der Waals surface area contributed by atoms with E-state index in [1.54, 1.807) is 6.07 Å². The van der Waals surface area contributed by atoms with Gasteiger partial charge in [0.25, 0.3) is 0 Å². The summed E-state index contributed by atoms with van der Waals surface area (Å²) in [5.41, 5.74) is -0.747. The van der Waals surface area contributed by atoms with Crippen LogP contribution in [0.1, 0.15) is 12.0 Å². The lowest BCUT2D eigenvalue weighted by atomic mass is 9.76. The summed E-state index contributed by atoms with van der Waals surface area (Å²) in [5.74, 6) is -1.40. The molecule has 86 valence electrons. The number of hydrogen-bond acceptors (Lipinski definition) is 4. The molecule has 1 fully saturated rings. The van der Waals surface area contributed by atoms with Crippen LogP contribution in [-0.4, -0.2) is 30.1 Å². The standard InChI is InChI=1S/C11H12O5/c12-9-2-4-16-7-11(9,10(13)14)5-8-1-3-15-6-8/h1,3,6H,2,4-5,7H2,(H,13,14). The van der Waals surface area contributed by atoms with E-state index < -0.39 is 11.4 Å². The van der Waals surface area contributed by atoms with Crippen LogP contribution >= 0.6 is 0 Å². The van der Waals surface area contributed by atoms with Gasteiger partial charge in [-0.25, -0.2) is 0 Å². The van der Waals surface area contributed by atoms with Gasteiger partial charge in [-0.15, -0.1) is 0 Å². The van der Waals surface area contributed by atoms with Gasteiger partial charge in [-0.05, 0) is 11.6 Å². The van der Waals surface area contributed by atoms with Crippen LogP contribution < -0.4 is 0 Å². The van der Waals surface area contributed by atoms with Gasteiger partial charge in [-0.2, -0.15) is 0 Å². The number of carbonyl (C=O) groups excluding carboxylic acids is 1. The number of hydrogen-bond donors (Lipinski definition) is 1. The number of ether oxygens (including phenoxy) is 1. The number of carbonyl (C=O) groups is 2. The minimum Gasteiger partial charge on any atom is -0.480 e. The quantitative estimate of drug-likeness (QED) is 0.771. The van der Waals surface area contributed by atoms with Crippen LogP contribution in [0.2, 0.25) is 0 Å². The molecule has 1 aliphatic heterocycles. The summed E-state index contributed by atoms with van der Waals surface area (Å²) >= 11 is 0. The number of aliphatic carboxylic acids is 1. The van der Waals surface area contributed by atoms with E-state index in [1.165, 1.54) is 12.5 Å². The number of carboxylic acid groups (broad SMARTS) is 1. The van der Waals surface area contributed by atoms with E-state index in [1.807, 2.05) is 0 Å². The normalized spacial score (nSPS) is 25.6. The molecular weight excluding hydrogens is 212 g/mol. The van der Waals surface area contributed by atoms with E-state index in [-0.39, 0.29) is 25.2 Å². The van der Waals surface area contributed by atoms with Gasteiger partial charge in [0.2, 0.25) is 0 Å². The molecule has 0 amide bonds. The Hall–Kier alpha value is -1.62. The van der Waals surface area contributed by atoms with E-state index in [9.17, 15) is 14.7 Å². The van der Waals surface area contributed by atoms with Gasteiger partial charge in [0.05, 0.1) is 25.7 Å². The van der Waals surface area contributed by atoms with Crippen molar-refractivity contribution in [3.63, 3.8) is 0 Å². The molecule has 1 saturated heterocycles. The summed E-state index contributed by atoms with van der Waals surface area (Å²) in [6, 6.07) is 1.66. The van der Waals surface area contributed by atoms with E-state index in [0.717, 1.165) is 0 Å². The Morgan fingerprint density at radius 2 is 2.38 bits per heavy atom. The highest BCUT2D eigenvalue weighted by atomic mass is 16.5. The van der Waals surface area contributed by atoms with Crippen LogP contribution in [0.25, 0.3) is 0 Å². The molecule has 0 spiro atoms. The maximum absolute atomic E-state index is 11.8. The molecule has 0 aliphatic carbocycles. The molecule has 1 N–H and O–H groups in total. The van der Waals surface area contributed by atoms with Crippen LogP contribution in [0.3, 0.4) is 0 Å². The average Bonchev–Trinajstić information content (AvgIpc) is 2.74. The average molecular weight is 224 g/mol. The molecule has 0 saturated carbocycles. The van der Waals surface area contributed by atoms with Crippen molar-refractivity contribution in [3.05, 3.63) is 24.2 Å². The lowest BCUT2D eigenvalue weighted by molar-refractivity contribution is -0.164. The van der Waals surface area contributed by atoms with Crippen molar-refractivity contribution in [2.45, 2.75) is 12.8 Å². The van der Waals surface area contributed by atoms with Crippen LogP contribution in [0.15, 0.2) is 23.0 Å². The van der Waals surface area contributed by atoms with Gasteiger partial charge in [-0.1, -0.05) is 0 Å². The van der Waals surface area contributed by atoms with Gasteiger partial charge in [0.15, 0.2) is 11.2 Å². The van der Waals surface area contributed by atoms with Crippen molar-refractivity contribution in [2.24, 2.45) is 5.41 Å². The van der Waals surface area contributed by atoms with E-state index in [0.29, 0.717) is 12.2 Å². The predicted octanol–water partition coefficient (Wildman–Crippen LogP) is 0.883. The fourth-order valence-electron chi connectivity index (χ4n) is 1.88.